The maximum Gasteiger partial charge on any atom is 0.490 e. The van der Waals surface area contributed by atoms with Crippen LogP contribution in [0.5, 0.6) is 0 Å². The summed E-state index contributed by atoms with van der Waals surface area (Å²) in [6.07, 6.45) is -0.419. The number of phosphoric acid groups is 3. The van der Waals surface area contributed by atoms with Crippen LogP contribution in [0.1, 0.15) is 18.2 Å². The number of fused-ring (bicyclic) bond motifs is 1. The Kier molecular flexibility index (Phi) is 8.82. The van der Waals surface area contributed by atoms with Crippen molar-refractivity contribution >= 4 is 46.1 Å². The summed E-state index contributed by atoms with van der Waals surface area (Å²) >= 11 is 0. The quantitative estimate of drug-likeness (QED) is 0.108. The van der Waals surface area contributed by atoms with Gasteiger partial charge >= 0.3 is 23.5 Å². The Morgan fingerprint density at radius 1 is 1.10 bits per heavy atom. The molecule has 1 aliphatic rings. The molecule has 1 aromatic carbocycles. The first-order valence-electron chi connectivity index (χ1n) is 10.8. The maximum absolute atomic E-state index is 12.2. The number of hydrogen-bond donors (Lipinski definition) is 5. The first-order valence-corrected chi connectivity index (χ1v) is 15.4. The third-order valence-corrected chi connectivity index (χ3v) is 9.14. The molecule has 0 radical (unpaired) electrons. The van der Waals surface area contributed by atoms with E-state index in [1.54, 1.807) is 6.07 Å². The van der Waals surface area contributed by atoms with Gasteiger partial charge in [-0.1, -0.05) is 12.1 Å². The monoisotopic (exact) mass is 626 g/mol. The predicted molar refractivity (Wildman–Crippen MR) is 130 cm³/mol. The Bertz CT molecular complexity index is 1550. The maximum atomic E-state index is 12.2. The summed E-state index contributed by atoms with van der Waals surface area (Å²) < 4.78 is 60.0. The van der Waals surface area contributed by atoms with Crippen LogP contribution < -0.4 is 5.73 Å². The normalized spacial score (nSPS) is 22.6. The van der Waals surface area contributed by atoms with E-state index in [4.69, 9.17) is 29.5 Å². The molecule has 3 aromatic rings. The molecule has 1 aliphatic heterocycles. The van der Waals surface area contributed by atoms with Crippen LogP contribution >= 0.6 is 23.5 Å². The van der Waals surface area contributed by atoms with Gasteiger partial charge in [-0.05, 0) is 6.07 Å². The molecule has 6 N–H and O–H groups in total. The van der Waals surface area contributed by atoms with Gasteiger partial charge in [0.05, 0.1) is 36.1 Å². The lowest BCUT2D eigenvalue weighted by atomic mass is 10.1. The molecule has 23 heteroatoms. The Labute approximate surface area is 223 Å². The van der Waals surface area contributed by atoms with E-state index >= 15 is 0 Å². The first kappa shape index (κ1) is 30.3. The second-order valence-corrected chi connectivity index (χ2v) is 12.5. The molecule has 1 fully saturated rings. The SMILES string of the molecule is Nc1ncnc2c1ncn2[C@H]1C[C@@H](OCc2ccccc2[N+](=O)[O-])[C@@H](COP(=O)(O)OP(=O)(O)OP(=O)(O)O)O1. The molecule has 3 heterocycles. The molecule has 0 amide bonds. The van der Waals surface area contributed by atoms with Gasteiger partial charge in [-0.2, -0.15) is 8.62 Å². The van der Waals surface area contributed by atoms with E-state index in [0.29, 0.717) is 0 Å². The van der Waals surface area contributed by atoms with Gasteiger partial charge in [0.2, 0.25) is 0 Å². The number of para-hydroxylation sites is 1. The summed E-state index contributed by atoms with van der Waals surface area (Å²) in [5.74, 6) is 0.0927. The lowest BCUT2D eigenvalue weighted by Gasteiger charge is -2.21. The smallest absolute Gasteiger partial charge is 0.382 e. The Balaban J connectivity index is 1.53. The zero-order chi connectivity index (χ0) is 29.3. The summed E-state index contributed by atoms with van der Waals surface area (Å²) in [6.45, 7) is -1.09. The molecule has 0 saturated carbocycles. The predicted octanol–water partition coefficient (Wildman–Crippen LogP) is 1.53. The molecule has 1 saturated heterocycles. The highest BCUT2D eigenvalue weighted by Gasteiger charge is 2.43. The van der Waals surface area contributed by atoms with Crippen LogP contribution in [-0.2, 0) is 42.9 Å². The van der Waals surface area contributed by atoms with Crippen molar-refractivity contribution in [2.45, 2.75) is 31.5 Å². The van der Waals surface area contributed by atoms with Crippen LogP contribution in [0, 0.1) is 10.1 Å². The van der Waals surface area contributed by atoms with Crippen LogP contribution in [0.4, 0.5) is 11.5 Å². The van der Waals surface area contributed by atoms with E-state index in [9.17, 15) is 33.6 Å². The van der Waals surface area contributed by atoms with Gasteiger partial charge in [0.25, 0.3) is 5.69 Å². The molecule has 0 bridgehead atoms. The van der Waals surface area contributed by atoms with E-state index in [1.807, 2.05) is 0 Å². The summed E-state index contributed by atoms with van der Waals surface area (Å²) in [5, 5.41) is 11.4. The van der Waals surface area contributed by atoms with Crippen molar-refractivity contribution < 1.29 is 60.8 Å². The Morgan fingerprint density at radius 2 is 1.82 bits per heavy atom. The zero-order valence-electron chi connectivity index (χ0n) is 19.8. The molecule has 0 aliphatic carbocycles. The molecule has 20 nitrogen and oxygen atoms in total. The van der Waals surface area contributed by atoms with Crippen LogP contribution in [0.3, 0.4) is 0 Å². The molecule has 2 unspecified atom stereocenters. The third kappa shape index (κ3) is 7.52. The molecule has 218 valence electrons. The van der Waals surface area contributed by atoms with E-state index in [0.717, 1.165) is 0 Å². The number of anilines is 1. The molecule has 0 spiro atoms. The number of nitro groups is 1. The highest BCUT2D eigenvalue weighted by Crippen LogP contribution is 2.66. The van der Waals surface area contributed by atoms with E-state index in [1.165, 1.54) is 35.4 Å². The molecule has 2 aromatic heterocycles. The topological polar surface area (TPSA) is 291 Å². The average Bonchev–Trinajstić information content (AvgIpc) is 3.44. The Hall–Kier alpha value is -2.70. The fraction of sp³-hybridized carbons (Fsp3) is 0.353. The van der Waals surface area contributed by atoms with Crippen molar-refractivity contribution in [3.8, 4) is 0 Å². The van der Waals surface area contributed by atoms with Gasteiger partial charge in [-0.25, -0.2) is 28.6 Å². The van der Waals surface area contributed by atoms with Crippen LogP contribution in [-0.4, -0.2) is 62.8 Å². The average molecular weight is 626 g/mol. The van der Waals surface area contributed by atoms with Crippen LogP contribution in [0.25, 0.3) is 11.2 Å². The summed E-state index contributed by atoms with van der Waals surface area (Å²) in [6, 6.07) is 5.78. The van der Waals surface area contributed by atoms with Gasteiger partial charge in [-0.3, -0.25) is 19.2 Å². The highest BCUT2D eigenvalue weighted by molar-refractivity contribution is 7.66. The number of hydrogen-bond acceptors (Lipinski definition) is 14. The second-order valence-electron chi connectivity index (χ2n) is 8.07. The highest BCUT2D eigenvalue weighted by atomic mass is 31.3. The number of nitrogens with zero attached hydrogens (tertiary/aromatic N) is 5. The summed E-state index contributed by atoms with van der Waals surface area (Å²) in [5.41, 5.74) is 6.37. The van der Waals surface area contributed by atoms with Crippen molar-refractivity contribution in [3.05, 3.63) is 52.6 Å². The minimum atomic E-state index is -5.74. The number of phosphoric ester groups is 1. The van der Waals surface area contributed by atoms with Gasteiger partial charge in [0, 0.05) is 12.5 Å². The molecular formula is C17H21N6O14P3. The number of imidazole rings is 1. The number of nitro benzene ring substituents is 1. The largest absolute Gasteiger partial charge is 0.490 e. The van der Waals surface area contributed by atoms with Crippen molar-refractivity contribution in [2.75, 3.05) is 12.3 Å². The lowest BCUT2D eigenvalue weighted by Crippen LogP contribution is -2.29. The van der Waals surface area contributed by atoms with E-state index in [2.05, 4.69) is 23.6 Å². The van der Waals surface area contributed by atoms with Crippen LogP contribution in [0.15, 0.2) is 36.9 Å². The standard InChI is InChI=1S/C17H21N6O14P3/c18-16-15-17(20-8-19-16)22(9-21-15)14-5-12(33-6-10-3-1-2-4-11(10)23(24)25)13(35-14)7-34-39(29,30)37-40(31,32)36-38(26,27)28/h1-4,8-9,12-14H,5-7H2,(H,29,30)(H,31,32)(H2,18,19,20)(H2,26,27,28)/t12-,13-,14-/m1/s1. The van der Waals surface area contributed by atoms with Crippen molar-refractivity contribution in [3.63, 3.8) is 0 Å². The van der Waals surface area contributed by atoms with Gasteiger partial charge in [-0.15, -0.1) is 0 Å². The van der Waals surface area contributed by atoms with Gasteiger partial charge in [0.1, 0.15) is 24.2 Å². The Morgan fingerprint density at radius 3 is 2.52 bits per heavy atom. The minimum absolute atomic E-state index is 0.0421. The first-order chi connectivity index (χ1) is 18.6. The fourth-order valence-electron chi connectivity index (χ4n) is 3.76. The van der Waals surface area contributed by atoms with Crippen molar-refractivity contribution in [2.24, 2.45) is 0 Å². The number of nitrogens with two attached hydrogens (primary N) is 1. The molecular weight excluding hydrogens is 605 g/mol. The molecule has 40 heavy (non-hydrogen) atoms. The van der Waals surface area contributed by atoms with Gasteiger partial charge in [0.15, 0.2) is 11.5 Å². The van der Waals surface area contributed by atoms with Crippen molar-refractivity contribution in [1.82, 2.24) is 19.5 Å². The summed E-state index contributed by atoms with van der Waals surface area (Å²) in [7, 11) is -16.8. The lowest BCUT2D eigenvalue weighted by molar-refractivity contribution is -0.386. The third-order valence-electron chi connectivity index (χ3n) is 5.34. The number of rotatable bonds is 12. The van der Waals surface area contributed by atoms with E-state index in [-0.39, 0.29) is 41.3 Å². The second kappa shape index (κ2) is 11.7. The minimum Gasteiger partial charge on any atom is -0.382 e. The molecule has 4 rings (SSSR count). The fourth-order valence-corrected chi connectivity index (χ4v) is 6.79. The summed E-state index contributed by atoms with van der Waals surface area (Å²) in [4.78, 5) is 59.4. The number of benzene rings is 1. The molecule has 5 atom stereocenters. The van der Waals surface area contributed by atoms with Gasteiger partial charge < -0.3 is 34.8 Å². The zero-order valence-corrected chi connectivity index (χ0v) is 22.5. The number of aromatic nitrogens is 4. The van der Waals surface area contributed by atoms with E-state index < -0.39 is 53.4 Å². The van der Waals surface area contributed by atoms with Crippen LogP contribution in [0.2, 0.25) is 0 Å². The number of ether oxygens (including phenoxy) is 2. The number of nitrogen functional groups attached to an aromatic ring is 1. The van der Waals surface area contributed by atoms with Crippen molar-refractivity contribution in [1.29, 1.82) is 0 Å².